The molecule has 0 spiro atoms. The molecule has 1 aliphatic rings. The minimum Gasteiger partial charge on any atom is -0.366 e. The van der Waals surface area contributed by atoms with Gasteiger partial charge in [-0.3, -0.25) is 4.79 Å². The van der Waals surface area contributed by atoms with Crippen LogP contribution in [0.3, 0.4) is 0 Å². The van der Waals surface area contributed by atoms with Crippen molar-refractivity contribution < 1.29 is 0 Å². The van der Waals surface area contributed by atoms with Crippen LogP contribution in [0.4, 0.5) is 5.82 Å². The van der Waals surface area contributed by atoms with E-state index in [4.69, 9.17) is 11.6 Å². The van der Waals surface area contributed by atoms with Crippen LogP contribution in [0.5, 0.6) is 0 Å². The largest absolute Gasteiger partial charge is 0.366 e. The number of nitrogens with one attached hydrogen (secondary N) is 2. The highest BCUT2D eigenvalue weighted by Crippen LogP contribution is 2.29. The van der Waals surface area contributed by atoms with Gasteiger partial charge in [-0.1, -0.05) is 37.8 Å². The summed E-state index contributed by atoms with van der Waals surface area (Å²) in [5, 5.41) is 3.49. The first kappa shape index (κ1) is 12.4. The first-order valence-corrected chi connectivity index (χ1v) is 6.60. The molecule has 0 saturated heterocycles. The molecule has 2 N–H and O–H groups in total. The lowest BCUT2D eigenvalue weighted by Gasteiger charge is -2.31. The second-order valence-electron chi connectivity index (χ2n) is 4.60. The van der Waals surface area contributed by atoms with E-state index >= 15 is 0 Å². The molecule has 5 heteroatoms. The van der Waals surface area contributed by atoms with Gasteiger partial charge in [-0.05, 0) is 18.8 Å². The number of hydrogen-bond acceptors (Lipinski definition) is 3. The minimum atomic E-state index is -0.284. The van der Waals surface area contributed by atoms with Crippen LogP contribution in [0.1, 0.15) is 39.0 Å². The predicted molar refractivity (Wildman–Crippen MR) is 69.5 cm³/mol. The quantitative estimate of drug-likeness (QED) is 0.873. The summed E-state index contributed by atoms with van der Waals surface area (Å²) in [5.41, 5.74) is -0.284. The molecule has 0 radical (unpaired) electrons. The van der Waals surface area contributed by atoms with E-state index < -0.39 is 0 Å². The maximum atomic E-state index is 11.4. The SMILES string of the molecule is CCC1CCCCC1Nc1nc[nH]c(=O)c1Cl. The van der Waals surface area contributed by atoms with Gasteiger partial charge in [-0.25, -0.2) is 4.98 Å². The van der Waals surface area contributed by atoms with Gasteiger partial charge < -0.3 is 10.3 Å². The van der Waals surface area contributed by atoms with Crippen molar-refractivity contribution in [3.8, 4) is 0 Å². The number of hydrogen-bond donors (Lipinski definition) is 2. The lowest BCUT2D eigenvalue weighted by molar-refractivity contribution is 0.317. The Morgan fingerprint density at radius 1 is 1.53 bits per heavy atom. The number of rotatable bonds is 3. The molecule has 1 fully saturated rings. The summed E-state index contributed by atoms with van der Waals surface area (Å²) in [6.07, 6.45) is 7.44. The molecule has 2 rings (SSSR count). The zero-order chi connectivity index (χ0) is 12.3. The highest BCUT2D eigenvalue weighted by Gasteiger charge is 2.24. The highest BCUT2D eigenvalue weighted by atomic mass is 35.5. The van der Waals surface area contributed by atoms with Gasteiger partial charge in [0.1, 0.15) is 5.02 Å². The first-order valence-electron chi connectivity index (χ1n) is 6.22. The van der Waals surface area contributed by atoms with Crippen LogP contribution in [0, 0.1) is 5.92 Å². The third-order valence-corrected chi connectivity index (χ3v) is 3.90. The van der Waals surface area contributed by atoms with E-state index in [2.05, 4.69) is 22.2 Å². The fourth-order valence-corrected chi connectivity index (χ4v) is 2.70. The van der Waals surface area contributed by atoms with Crippen molar-refractivity contribution in [2.45, 2.75) is 45.1 Å². The van der Waals surface area contributed by atoms with E-state index in [9.17, 15) is 4.79 Å². The first-order chi connectivity index (χ1) is 8.22. The molecule has 94 valence electrons. The van der Waals surface area contributed by atoms with Crippen LogP contribution in [0.15, 0.2) is 11.1 Å². The Hall–Kier alpha value is -1.03. The highest BCUT2D eigenvalue weighted by molar-refractivity contribution is 6.32. The Balaban J connectivity index is 2.13. The van der Waals surface area contributed by atoms with E-state index in [0.29, 0.717) is 17.8 Å². The molecule has 1 aromatic rings. The molecule has 0 aromatic carbocycles. The van der Waals surface area contributed by atoms with Gasteiger partial charge >= 0.3 is 0 Å². The summed E-state index contributed by atoms with van der Waals surface area (Å²) < 4.78 is 0. The molecule has 1 aromatic heterocycles. The maximum Gasteiger partial charge on any atom is 0.271 e. The van der Waals surface area contributed by atoms with Gasteiger partial charge in [0.05, 0.1) is 6.33 Å². The molecule has 1 aliphatic carbocycles. The summed E-state index contributed by atoms with van der Waals surface area (Å²) in [7, 11) is 0. The Labute approximate surface area is 106 Å². The molecule has 4 nitrogen and oxygen atoms in total. The maximum absolute atomic E-state index is 11.4. The average Bonchev–Trinajstić information content (AvgIpc) is 2.35. The fraction of sp³-hybridized carbons (Fsp3) is 0.667. The summed E-state index contributed by atoms with van der Waals surface area (Å²) in [5.74, 6) is 1.17. The van der Waals surface area contributed by atoms with Crippen LogP contribution in [0.2, 0.25) is 5.02 Å². The van der Waals surface area contributed by atoms with E-state index in [1.54, 1.807) is 0 Å². The van der Waals surface area contributed by atoms with Crippen LogP contribution in [-0.2, 0) is 0 Å². The van der Waals surface area contributed by atoms with E-state index in [-0.39, 0.29) is 10.6 Å². The van der Waals surface area contributed by atoms with E-state index in [1.807, 2.05) is 0 Å². The fourth-order valence-electron chi connectivity index (χ4n) is 2.55. The van der Waals surface area contributed by atoms with Crippen molar-refractivity contribution >= 4 is 17.4 Å². The third-order valence-electron chi connectivity index (χ3n) is 3.55. The lowest BCUT2D eigenvalue weighted by Crippen LogP contribution is -2.32. The normalized spacial score (nSPS) is 24.6. The molecule has 2 unspecified atom stereocenters. The summed E-state index contributed by atoms with van der Waals surface area (Å²) in [6.45, 7) is 2.21. The number of H-pyrrole nitrogens is 1. The van der Waals surface area contributed by atoms with Gasteiger partial charge in [0.2, 0.25) is 0 Å². The molecule has 0 amide bonds. The van der Waals surface area contributed by atoms with Crippen LogP contribution in [-0.4, -0.2) is 16.0 Å². The van der Waals surface area contributed by atoms with Gasteiger partial charge in [-0.15, -0.1) is 0 Å². The van der Waals surface area contributed by atoms with Crippen molar-refractivity contribution in [1.29, 1.82) is 0 Å². The predicted octanol–water partition coefficient (Wildman–Crippen LogP) is 2.80. The zero-order valence-corrected chi connectivity index (χ0v) is 10.8. The van der Waals surface area contributed by atoms with Gasteiger partial charge in [-0.2, -0.15) is 0 Å². The summed E-state index contributed by atoms with van der Waals surface area (Å²) in [4.78, 5) is 17.9. The summed E-state index contributed by atoms with van der Waals surface area (Å²) in [6, 6.07) is 0.389. The van der Waals surface area contributed by atoms with Crippen molar-refractivity contribution in [2.75, 3.05) is 5.32 Å². The van der Waals surface area contributed by atoms with Gasteiger partial charge in [0, 0.05) is 6.04 Å². The van der Waals surface area contributed by atoms with E-state index in [0.717, 1.165) is 12.8 Å². The monoisotopic (exact) mass is 255 g/mol. The minimum absolute atomic E-state index is 0.160. The van der Waals surface area contributed by atoms with Crippen molar-refractivity contribution in [3.05, 3.63) is 21.7 Å². The average molecular weight is 256 g/mol. The standard InChI is InChI=1S/C12H18ClN3O/c1-2-8-5-3-4-6-9(8)16-11-10(13)12(17)15-7-14-11/h7-9H,2-6H2,1H3,(H2,14,15,16,17). The van der Waals surface area contributed by atoms with Gasteiger partial charge in [0.25, 0.3) is 5.56 Å². The Morgan fingerprint density at radius 3 is 3.06 bits per heavy atom. The molecule has 0 aliphatic heterocycles. The molecule has 1 heterocycles. The Morgan fingerprint density at radius 2 is 2.29 bits per heavy atom. The summed E-state index contributed by atoms with van der Waals surface area (Å²) >= 11 is 5.93. The molecule has 1 saturated carbocycles. The number of aromatic amines is 1. The Kier molecular flexibility index (Phi) is 4.05. The molecular weight excluding hydrogens is 238 g/mol. The van der Waals surface area contributed by atoms with Crippen molar-refractivity contribution in [3.63, 3.8) is 0 Å². The molecular formula is C12H18ClN3O. The lowest BCUT2D eigenvalue weighted by atomic mass is 9.83. The zero-order valence-electron chi connectivity index (χ0n) is 10.0. The second-order valence-corrected chi connectivity index (χ2v) is 4.98. The molecule has 2 atom stereocenters. The number of aromatic nitrogens is 2. The number of halogens is 1. The van der Waals surface area contributed by atoms with Crippen molar-refractivity contribution in [2.24, 2.45) is 5.92 Å². The number of nitrogens with zero attached hydrogens (tertiary/aromatic N) is 1. The Bertz CT molecular complexity index is 432. The van der Waals surface area contributed by atoms with Gasteiger partial charge in [0.15, 0.2) is 5.82 Å². The smallest absolute Gasteiger partial charge is 0.271 e. The second kappa shape index (κ2) is 5.54. The third kappa shape index (κ3) is 2.80. The molecule has 17 heavy (non-hydrogen) atoms. The topological polar surface area (TPSA) is 57.8 Å². The van der Waals surface area contributed by atoms with E-state index in [1.165, 1.54) is 25.6 Å². The van der Waals surface area contributed by atoms with Crippen LogP contribution >= 0.6 is 11.6 Å². The van der Waals surface area contributed by atoms with Crippen LogP contribution < -0.4 is 10.9 Å². The van der Waals surface area contributed by atoms with Crippen LogP contribution in [0.25, 0.3) is 0 Å². The molecule has 0 bridgehead atoms. The number of anilines is 1. The van der Waals surface area contributed by atoms with Crippen molar-refractivity contribution in [1.82, 2.24) is 9.97 Å².